The molecule has 2 N–H and O–H groups in total. The van der Waals surface area contributed by atoms with Crippen molar-refractivity contribution in [3.63, 3.8) is 0 Å². The molecule has 0 bridgehead atoms. The highest BCUT2D eigenvalue weighted by atomic mass is 16.4. The minimum absolute atomic E-state index is 0.0754. The van der Waals surface area contributed by atoms with Gasteiger partial charge in [0.05, 0.1) is 12.8 Å². The maximum Gasteiger partial charge on any atom is 0.305 e. The van der Waals surface area contributed by atoms with Crippen molar-refractivity contribution in [2.45, 2.75) is 25.8 Å². The molecule has 1 amide bonds. The van der Waals surface area contributed by atoms with Gasteiger partial charge >= 0.3 is 5.97 Å². The lowest BCUT2D eigenvalue weighted by atomic mass is 10.2. The molecule has 5 heteroatoms. The average molecular weight is 222 g/mol. The Kier molecular flexibility index (Phi) is 4.44. The van der Waals surface area contributed by atoms with Gasteiger partial charge in [-0.15, -0.1) is 0 Å². The first-order valence-electron chi connectivity index (χ1n) is 4.99. The number of carboxylic acid groups (broad SMARTS) is 1. The lowest BCUT2D eigenvalue weighted by Crippen LogP contribution is -2.35. The molecule has 0 saturated carbocycles. The monoisotopic (exact) mass is 222 g/mol. The first-order chi connectivity index (χ1) is 7.58. The standard InChI is InChI=1S/C11H14N2O3/c1-8(6-11(15)16)13-10(14)7-9-4-2-3-5-12-9/h2-5,8H,6-7H2,1H3,(H,13,14)(H,15,16). The van der Waals surface area contributed by atoms with Gasteiger partial charge in [0.1, 0.15) is 0 Å². The normalized spacial score (nSPS) is 11.8. The van der Waals surface area contributed by atoms with Crippen molar-refractivity contribution >= 4 is 11.9 Å². The number of aliphatic carboxylic acids is 1. The van der Waals surface area contributed by atoms with Crippen LogP contribution in [-0.2, 0) is 16.0 Å². The molecule has 1 aromatic rings. The van der Waals surface area contributed by atoms with Gasteiger partial charge < -0.3 is 10.4 Å². The summed E-state index contributed by atoms with van der Waals surface area (Å²) in [7, 11) is 0. The van der Waals surface area contributed by atoms with E-state index in [0.29, 0.717) is 5.69 Å². The summed E-state index contributed by atoms with van der Waals surface area (Å²) in [6.07, 6.45) is 1.71. The van der Waals surface area contributed by atoms with E-state index in [0.717, 1.165) is 0 Å². The number of carbonyl (C=O) groups excluding carboxylic acids is 1. The third-order valence-electron chi connectivity index (χ3n) is 1.96. The Morgan fingerprint density at radius 3 is 2.81 bits per heavy atom. The number of hydrogen-bond donors (Lipinski definition) is 2. The molecule has 0 aromatic carbocycles. The molecule has 1 aromatic heterocycles. The zero-order valence-electron chi connectivity index (χ0n) is 9.01. The van der Waals surface area contributed by atoms with Crippen LogP contribution in [-0.4, -0.2) is 28.0 Å². The molecule has 0 radical (unpaired) electrons. The van der Waals surface area contributed by atoms with Crippen LogP contribution in [0.1, 0.15) is 19.0 Å². The van der Waals surface area contributed by atoms with Crippen LogP contribution in [0.4, 0.5) is 0 Å². The van der Waals surface area contributed by atoms with Gasteiger partial charge in [0.2, 0.25) is 5.91 Å². The van der Waals surface area contributed by atoms with E-state index in [4.69, 9.17) is 5.11 Å². The molecule has 16 heavy (non-hydrogen) atoms. The van der Waals surface area contributed by atoms with Crippen LogP contribution in [0.25, 0.3) is 0 Å². The van der Waals surface area contributed by atoms with Crippen LogP contribution in [0.3, 0.4) is 0 Å². The summed E-state index contributed by atoms with van der Waals surface area (Å²) in [5, 5.41) is 11.1. The van der Waals surface area contributed by atoms with Crippen LogP contribution < -0.4 is 5.32 Å². The molecule has 0 saturated heterocycles. The first-order valence-corrected chi connectivity index (χ1v) is 4.99. The smallest absolute Gasteiger partial charge is 0.305 e. The number of nitrogens with zero attached hydrogens (tertiary/aromatic N) is 1. The van der Waals surface area contributed by atoms with Gasteiger partial charge in [-0.05, 0) is 19.1 Å². The quantitative estimate of drug-likeness (QED) is 0.764. The van der Waals surface area contributed by atoms with Crippen molar-refractivity contribution in [2.24, 2.45) is 0 Å². The Bertz CT molecular complexity index is 365. The molecular weight excluding hydrogens is 208 g/mol. The molecule has 0 aliphatic heterocycles. The van der Waals surface area contributed by atoms with Crippen LogP contribution in [0.5, 0.6) is 0 Å². The lowest BCUT2D eigenvalue weighted by Gasteiger charge is -2.10. The molecule has 5 nitrogen and oxygen atoms in total. The van der Waals surface area contributed by atoms with Crippen molar-refractivity contribution in [2.75, 3.05) is 0 Å². The van der Waals surface area contributed by atoms with E-state index in [-0.39, 0.29) is 24.8 Å². The van der Waals surface area contributed by atoms with Gasteiger partial charge in [0.25, 0.3) is 0 Å². The van der Waals surface area contributed by atoms with Crippen LogP contribution in [0.2, 0.25) is 0 Å². The molecule has 0 aliphatic rings. The third kappa shape index (κ3) is 4.54. The van der Waals surface area contributed by atoms with Gasteiger partial charge in [-0.1, -0.05) is 6.07 Å². The molecule has 1 unspecified atom stereocenters. The fraction of sp³-hybridized carbons (Fsp3) is 0.364. The highest BCUT2D eigenvalue weighted by Gasteiger charge is 2.11. The van der Waals surface area contributed by atoms with Crippen molar-refractivity contribution in [1.82, 2.24) is 10.3 Å². The highest BCUT2D eigenvalue weighted by Crippen LogP contribution is 1.96. The number of hydrogen-bond acceptors (Lipinski definition) is 3. The highest BCUT2D eigenvalue weighted by molar-refractivity contribution is 5.79. The number of pyridine rings is 1. The predicted octanol–water partition coefficient (Wildman–Crippen LogP) is 0.603. The minimum atomic E-state index is -0.925. The predicted molar refractivity (Wildman–Crippen MR) is 57.8 cm³/mol. The zero-order chi connectivity index (χ0) is 12.0. The number of carboxylic acids is 1. The van der Waals surface area contributed by atoms with E-state index in [1.54, 1.807) is 31.3 Å². The Balaban J connectivity index is 2.39. The van der Waals surface area contributed by atoms with Crippen molar-refractivity contribution in [3.05, 3.63) is 30.1 Å². The summed E-state index contributed by atoms with van der Waals surface area (Å²) in [6, 6.07) is 4.96. The van der Waals surface area contributed by atoms with Crippen LogP contribution >= 0.6 is 0 Å². The van der Waals surface area contributed by atoms with Gasteiger partial charge in [-0.2, -0.15) is 0 Å². The maximum atomic E-state index is 11.5. The molecule has 0 spiro atoms. The van der Waals surface area contributed by atoms with E-state index < -0.39 is 5.97 Å². The molecular formula is C11H14N2O3. The van der Waals surface area contributed by atoms with E-state index in [1.165, 1.54) is 0 Å². The summed E-state index contributed by atoms with van der Waals surface area (Å²) in [6.45, 7) is 1.66. The fourth-order valence-corrected chi connectivity index (χ4v) is 1.31. The lowest BCUT2D eigenvalue weighted by molar-refractivity contribution is -0.137. The van der Waals surface area contributed by atoms with E-state index in [9.17, 15) is 9.59 Å². The zero-order valence-corrected chi connectivity index (χ0v) is 9.01. The van der Waals surface area contributed by atoms with Gasteiger partial charge in [0.15, 0.2) is 0 Å². The largest absolute Gasteiger partial charge is 0.481 e. The molecule has 0 fully saturated rings. The Morgan fingerprint density at radius 2 is 2.25 bits per heavy atom. The molecule has 1 heterocycles. The van der Waals surface area contributed by atoms with Crippen LogP contribution in [0, 0.1) is 0 Å². The fourth-order valence-electron chi connectivity index (χ4n) is 1.31. The first kappa shape index (κ1) is 12.2. The average Bonchev–Trinajstić information content (AvgIpc) is 2.17. The Labute approximate surface area is 93.5 Å². The summed E-state index contributed by atoms with van der Waals surface area (Å²) in [5.74, 6) is -1.14. The number of carbonyl (C=O) groups is 2. The second-order valence-corrected chi connectivity index (χ2v) is 3.56. The van der Waals surface area contributed by atoms with Gasteiger partial charge in [-0.25, -0.2) is 0 Å². The maximum absolute atomic E-state index is 11.5. The van der Waals surface area contributed by atoms with Crippen LogP contribution in [0.15, 0.2) is 24.4 Å². The summed E-state index contributed by atoms with van der Waals surface area (Å²) in [5.41, 5.74) is 0.669. The molecule has 1 atom stereocenters. The minimum Gasteiger partial charge on any atom is -0.481 e. The number of rotatable bonds is 5. The van der Waals surface area contributed by atoms with Crippen molar-refractivity contribution in [3.8, 4) is 0 Å². The van der Waals surface area contributed by atoms with E-state index in [1.807, 2.05) is 0 Å². The van der Waals surface area contributed by atoms with Crippen molar-refractivity contribution in [1.29, 1.82) is 0 Å². The molecule has 0 aliphatic carbocycles. The van der Waals surface area contributed by atoms with E-state index >= 15 is 0 Å². The Hall–Kier alpha value is -1.91. The number of nitrogens with one attached hydrogen (secondary N) is 1. The summed E-state index contributed by atoms with van der Waals surface area (Å²) in [4.78, 5) is 25.9. The van der Waals surface area contributed by atoms with E-state index in [2.05, 4.69) is 10.3 Å². The second-order valence-electron chi connectivity index (χ2n) is 3.56. The van der Waals surface area contributed by atoms with Gasteiger partial charge in [0, 0.05) is 17.9 Å². The Morgan fingerprint density at radius 1 is 1.50 bits per heavy atom. The summed E-state index contributed by atoms with van der Waals surface area (Å²) >= 11 is 0. The number of aromatic nitrogens is 1. The van der Waals surface area contributed by atoms with Crippen molar-refractivity contribution < 1.29 is 14.7 Å². The number of amides is 1. The summed E-state index contributed by atoms with van der Waals surface area (Å²) < 4.78 is 0. The third-order valence-corrected chi connectivity index (χ3v) is 1.96. The topological polar surface area (TPSA) is 79.3 Å². The second kappa shape index (κ2) is 5.85. The molecule has 1 rings (SSSR count). The SMILES string of the molecule is CC(CC(=O)O)NC(=O)Cc1ccccn1. The molecule has 86 valence electrons. The van der Waals surface area contributed by atoms with Gasteiger partial charge in [-0.3, -0.25) is 14.6 Å².